The summed E-state index contributed by atoms with van der Waals surface area (Å²) in [7, 11) is 0. The summed E-state index contributed by atoms with van der Waals surface area (Å²) in [6, 6.07) is 4.04. The second-order valence-electron chi connectivity index (χ2n) is 4.05. The second-order valence-corrected chi connectivity index (χ2v) is 6.44. The molecule has 0 fully saturated rings. The van der Waals surface area contributed by atoms with Crippen LogP contribution >= 0.6 is 43.2 Å². The predicted octanol–water partition coefficient (Wildman–Crippen LogP) is 4.97. The van der Waals surface area contributed by atoms with Crippen LogP contribution in [-0.4, -0.2) is 5.11 Å². The molecule has 1 atom stereocenters. The predicted molar refractivity (Wildman–Crippen MR) is 79.7 cm³/mol. The van der Waals surface area contributed by atoms with Crippen molar-refractivity contribution in [3.05, 3.63) is 54.1 Å². The lowest BCUT2D eigenvalue weighted by Gasteiger charge is -2.14. The van der Waals surface area contributed by atoms with Gasteiger partial charge in [-0.15, -0.1) is 0 Å². The lowest BCUT2D eigenvalue weighted by molar-refractivity contribution is 0.220. The quantitative estimate of drug-likeness (QED) is 0.785. The SMILES string of the molecule is Cc1cc(C(O)c2cscc2Br)cc(C)c1Br. The van der Waals surface area contributed by atoms with E-state index in [1.54, 1.807) is 11.3 Å². The monoisotopic (exact) mass is 374 g/mol. The van der Waals surface area contributed by atoms with E-state index in [0.29, 0.717) is 0 Å². The number of hydrogen-bond acceptors (Lipinski definition) is 2. The van der Waals surface area contributed by atoms with Gasteiger partial charge in [0, 0.05) is 19.9 Å². The maximum absolute atomic E-state index is 10.4. The molecule has 17 heavy (non-hydrogen) atoms. The van der Waals surface area contributed by atoms with Gasteiger partial charge in [0.1, 0.15) is 6.10 Å². The van der Waals surface area contributed by atoms with Crippen molar-refractivity contribution in [1.29, 1.82) is 0 Å². The molecule has 0 radical (unpaired) electrons. The van der Waals surface area contributed by atoms with E-state index in [4.69, 9.17) is 0 Å². The Kier molecular flexibility index (Phi) is 4.08. The maximum Gasteiger partial charge on any atom is 0.106 e. The molecule has 0 aliphatic rings. The average Bonchev–Trinajstić information content (AvgIpc) is 2.70. The number of aliphatic hydroxyl groups excluding tert-OH is 1. The summed E-state index contributed by atoms with van der Waals surface area (Å²) in [6.07, 6.45) is -0.568. The van der Waals surface area contributed by atoms with Crippen molar-refractivity contribution in [2.24, 2.45) is 0 Å². The van der Waals surface area contributed by atoms with Crippen LogP contribution in [0.15, 0.2) is 31.8 Å². The number of benzene rings is 1. The van der Waals surface area contributed by atoms with Crippen LogP contribution in [0, 0.1) is 13.8 Å². The van der Waals surface area contributed by atoms with E-state index >= 15 is 0 Å². The Labute approximate surface area is 122 Å². The fourth-order valence-corrected chi connectivity index (χ4v) is 3.56. The summed E-state index contributed by atoms with van der Waals surface area (Å²) in [5.41, 5.74) is 4.15. The molecular weight excluding hydrogens is 364 g/mol. The van der Waals surface area contributed by atoms with Crippen LogP contribution in [0.4, 0.5) is 0 Å². The second kappa shape index (κ2) is 5.22. The number of halogens is 2. The molecule has 1 aromatic heterocycles. The minimum atomic E-state index is -0.568. The minimum absolute atomic E-state index is 0.568. The zero-order chi connectivity index (χ0) is 12.6. The number of aliphatic hydroxyl groups is 1. The third-order valence-electron chi connectivity index (χ3n) is 2.71. The standard InChI is InChI=1S/C13H12Br2OS/c1-7-3-9(4-8(2)12(7)15)13(16)10-5-17-6-11(10)14/h3-6,13,16H,1-2H3. The fraction of sp³-hybridized carbons (Fsp3) is 0.231. The third kappa shape index (κ3) is 2.65. The Hall–Kier alpha value is -0.160. The Morgan fingerprint density at radius 3 is 2.18 bits per heavy atom. The van der Waals surface area contributed by atoms with Gasteiger partial charge < -0.3 is 5.11 Å². The summed E-state index contributed by atoms with van der Waals surface area (Å²) in [5.74, 6) is 0. The van der Waals surface area contributed by atoms with E-state index < -0.39 is 6.10 Å². The zero-order valence-corrected chi connectivity index (χ0v) is 13.5. The zero-order valence-electron chi connectivity index (χ0n) is 9.50. The Morgan fingerprint density at radius 1 is 1.12 bits per heavy atom. The lowest BCUT2D eigenvalue weighted by Crippen LogP contribution is -2.00. The van der Waals surface area contributed by atoms with Crippen LogP contribution in [0.2, 0.25) is 0 Å². The molecule has 0 saturated carbocycles. The Balaban J connectivity index is 2.45. The largest absolute Gasteiger partial charge is 0.384 e. The van der Waals surface area contributed by atoms with Gasteiger partial charge in [-0.1, -0.05) is 28.1 Å². The van der Waals surface area contributed by atoms with Gasteiger partial charge in [0.2, 0.25) is 0 Å². The molecule has 1 heterocycles. The number of rotatable bonds is 2. The molecule has 0 aliphatic carbocycles. The van der Waals surface area contributed by atoms with Crippen LogP contribution < -0.4 is 0 Å². The summed E-state index contributed by atoms with van der Waals surface area (Å²) >= 11 is 8.58. The van der Waals surface area contributed by atoms with Crippen LogP contribution in [0.1, 0.15) is 28.4 Å². The smallest absolute Gasteiger partial charge is 0.106 e. The first-order valence-corrected chi connectivity index (χ1v) is 7.70. The molecule has 1 unspecified atom stereocenters. The molecule has 90 valence electrons. The molecule has 2 aromatic rings. The van der Waals surface area contributed by atoms with E-state index in [0.717, 1.165) is 31.2 Å². The van der Waals surface area contributed by atoms with Crippen molar-refractivity contribution >= 4 is 43.2 Å². The Morgan fingerprint density at radius 2 is 1.71 bits per heavy atom. The van der Waals surface area contributed by atoms with Gasteiger partial charge in [-0.3, -0.25) is 0 Å². The normalized spacial score (nSPS) is 12.8. The molecule has 4 heteroatoms. The van der Waals surface area contributed by atoms with Gasteiger partial charge >= 0.3 is 0 Å². The van der Waals surface area contributed by atoms with Crippen molar-refractivity contribution < 1.29 is 5.11 Å². The van der Waals surface area contributed by atoms with Gasteiger partial charge in [0.15, 0.2) is 0 Å². The van der Waals surface area contributed by atoms with Gasteiger partial charge in [0.05, 0.1) is 0 Å². The number of thiophene rings is 1. The van der Waals surface area contributed by atoms with Crippen LogP contribution in [0.25, 0.3) is 0 Å². The van der Waals surface area contributed by atoms with Crippen LogP contribution in [0.3, 0.4) is 0 Å². The van der Waals surface area contributed by atoms with Crippen molar-refractivity contribution in [2.45, 2.75) is 20.0 Å². The van der Waals surface area contributed by atoms with Crippen LogP contribution in [-0.2, 0) is 0 Å². The van der Waals surface area contributed by atoms with Gasteiger partial charge in [-0.05, 0) is 51.8 Å². The van der Waals surface area contributed by atoms with Crippen LogP contribution in [0.5, 0.6) is 0 Å². The number of aryl methyl sites for hydroxylation is 2. The molecule has 0 bridgehead atoms. The van der Waals surface area contributed by atoms with Gasteiger partial charge in [0.25, 0.3) is 0 Å². The summed E-state index contributed by atoms with van der Waals surface area (Å²) < 4.78 is 2.08. The van der Waals surface area contributed by atoms with Crippen molar-refractivity contribution in [3.8, 4) is 0 Å². The minimum Gasteiger partial charge on any atom is -0.384 e. The Bertz CT molecular complexity index is 525. The van der Waals surface area contributed by atoms with Gasteiger partial charge in [-0.2, -0.15) is 11.3 Å². The van der Waals surface area contributed by atoms with Crippen molar-refractivity contribution in [2.75, 3.05) is 0 Å². The summed E-state index contributed by atoms with van der Waals surface area (Å²) in [4.78, 5) is 0. The highest BCUT2D eigenvalue weighted by atomic mass is 79.9. The van der Waals surface area contributed by atoms with E-state index in [2.05, 4.69) is 31.9 Å². The molecule has 1 aromatic carbocycles. The molecule has 1 N–H and O–H groups in total. The maximum atomic E-state index is 10.4. The summed E-state index contributed by atoms with van der Waals surface area (Å²) in [5, 5.41) is 14.3. The van der Waals surface area contributed by atoms with E-state index in [1.807, 2.05) is 36.7 Å². The first kappa shape index (κ1) is 13.3. The molecule has 0 saturated heterocycles. The highest BCUT2D eigenvalue weighted by Gasteiger charge is 2.16. The first-order valence-electron chi connectivity index (χ1n) is 5.17. The van der Waals surface area contributed by atoms with E-state index in [9.17, 15) is 5.11 Å². The third-order valence-corrected chi connectivity index (χ3v) is 5.71. The average molecular weight is 376 g/mol. The molecule has 2 rings (SSSR count). The molecule has 0 spiro atoms. The molecule has 0 amide bonds. The molecule has 1 nitrogen and oxygen atoms in total. The highest BCUT2D eigenvalue weighted by Crippen LogP contribution is 2.33. The summed E-state index contributed by atoms with van der Waals surface area (Å²) in [6.45, 7) is 4.08. The number of hydrogen-bond donors (Lipinski definition) is 1. The van der Waals surface area contributed by atoms with E-state index in [-0.39, 0.29) is 0 Å². The first-order chi connectivity index (χ1) is 8.00. The van der Waals surface area contributed by atoms with Gasteiger partial charge in [-0.25, -0.2) is 0 Å². The lowest BCUT2D eigenvalue weighted by atomic mass is 10.00. The van der Waals surface area contributed by atoms with Crippen molar-refractivity contribution in [1.82, 2.24) is 0 Å². The fourth-order valence-electron chi connectivity index (χ4n) is 1.80. The van der Waals surface area contributed by atoms with E-state index in [1.165, 1.54) is 0 Å². The topological polar surface area (TPSA) is 20.2 Å². The van der Waals surface area contributed by atoms with Crippen molar-refractivity contribution in [3.63, 3.8) is 0 Å². The highest BCUT2D eigenvalue weighted by molar-refractivity contribution is 9.10. The molecule has 0 aliphatic heterocycles. The molecular formula is C13H12Br2OS.